The summed E-state index contributed by atoms with van der Waals surface area (Å²) in [5.74, 6) is 0.741. The van der Waals surface area contributed by atoms with Gasteiger partial charge < -0.3 is 10.1 Å². The Balaban J connectivity index is 2.31. The normalized spacial score (nSPS) is 20.4. The van der Waals surface area contributed by atoms with Gasteiger partial charge in [0.2, 0.25) is 10.0 Å². The van der Waals surface area contributed by atoms with Gasteiger partial charge in [-0.25, -0.2) is 8.42 Å². The zero-order valence-corrected chi connectivity index (χ0v) is 14.7. The van der Waals surface area contributed by atoms with Crippen molar-refractivity contribution in [3.05, 3.63) is 22.7 Å². The molecule has 0 aromatic heterocycles. The molecular formula is C14H21BrN2O3S. The summed E-state index contributed by atoms with van der Waals surface area (Å²) >= 11 is 3.33. The Labute approximate surface area is 134 Å². The third-order valence-electron chi connectivity index (χ3n) is 3.72. The predicted molar refractivity (Wildman–Crippen MR) is 86.1 cm³/mol. The number of sulfonamides is 1. The third kappa shape index (κ3) is 3.77. The molecule has 0 radical (unpaired) electrons. The van der Waals surface area contributed by atoms with Gasteiger partial charge in [0, 0.05) is 17.6 Å². The number of nitrogens with one attached hydrogen (secondary N) is 1. The first-order valence-electron chi connectivity index (χ1n) is 6.97. The van der Waals surface area contributed by atoms with Crippen molar-refractivity contribution in [3.8, 4) is 5.75 Å². The van der Waals surface area contributed by atoms with Crippen LogP contribution in [0.3, 0.4) is 0 Å². The number of halogens is 1. The standard InChI is InChI=1S/C14H21BrN2O3S/c1-16-9-11-4-3-7-17(10-11)21(18,19)14-8-12(15)5-6-13(14)20-2/h5-6,8,11,16H,3-4,7,9-10H2,1-2H3. The summed E-state index contributed by atoms with van der Waals surface area (Å²) in [5.41, 5.74) is 0. The molecule has 1 aromatic rings. The Bertz CT molecular complexity index is 590. The molecule has 0 bridgehead atoms. The van der Waals surface area contributed by atoms with Crippen molar-refractivity contribution in [1.29, 1.82) is 0 Å². The van der Waals surface area contributed by atoms with Crippen LogP contribution in [0.5, 0.6) is 5.75 Å². The molecule has 1 fully saturated rings. The highest BCUT2D eigenvalue weighted by atomic mass is 79.9. The van der Waals surface area contributed by atoms with E-state index in [1.165, 1.54) is 7.11 Å². The fourth-order valence-electron chi connectivity index (χ4n) is 2.69. The maximum Gasteiger partial charge on any atom is 0.246 e. The van der Waals surface area contributed by atoms with E-state index < -0.39 is 10.0 Å². The molecule has 1 N–H and O–H groups in total. The van der Waals surface area contributed by atoms with Crippen molar-refractivity contribution in [1.82, 2.24) is 9.62 Å². The quantitative estimate of drug-likeness (QED) is 0.854. The molecule has 0 saturated carbocycles. The molecular weight excluding hydrogens is 356 g/mol. The molecule has 2 rings (SSSR count). The molecule has 1 aliphatic rings. The van der Waals surface area contributed by atoms with Gasteiger partial charge in [0.25, 0.3) is 0 Å². The first kappa shape index (κ1) is 16.7. The second-order valence-corrected chi connectivity index (χ2v) is 8.05. The minimum absolute atomic E-state index is 0.226. The van der Waals surface area contributed by atoms with Gasteiger partial charge >= 0.3 is 0 Å². The monoisotopic (exact) mass is 376 g/mol. The largest absolute Gasteiger partial charge is 0.495 e. The number of methoxy groups -OCH3 is 1. The van der Waals surface area contributed by atoms with Crippen molar-refractivity contribution in [3.63, 3.8) is 0 Å². The molecule has 5 nitrogen and oxygen atoms in total. The van der Waals surface area contributed by atoms with E-state index in [2.05, 4.69) is 21.2 Å². The number of ether oxygens (including phenoxy) is 1. The van der Waals surface area contributed by atoms with E-state index in [1.54, 1.807) is 22.5 Å². The lowest BCUT2D eigenvalue weighted by atomic mass is 10.00. The van der Waals surface area contributed by atoms with Crippen molar-refractivity contribution in [2.24, 2.45) is 5.92 Å². The highest BCUT2D eigenvalue weighted by Gasteiger charge is 2.32. The van der Waals surface area contributed by atoms with E-state index in [9.17, 15) is 8.42 Å². The number of hydrogen-bond acceptors (Lipinski definition) is 4. The first-order valence-corrected chi connectivity index (χ1v) is 9.20. The summed E-state index contributed by atoms with van der Waals surface area (Å²) in [4.78, 5) is 0.226. The van der Waals surface area contributed by atoms with Gasteiger partial charge in [0.05, 0.1) is 7.11 Å². The van der Waals surface area contributed by atoms with Crippen molar-refractivity contribution in [2.45, 2.75) is 17.7 Å². The minimum Gasteiger partial charge on any atom is -0.495 e. The van der Waals surface area contributed by atoms with E-state index >= 15 is 0 Å². The summed E-state index contributed by atoms with van der Waals surface area (Å²) < 4.78 is 33.3. The van der Waals surface area contributed by atoms with Crippen LogP contribution in [-0.4, -0.2) is 46.5 Å². The van der Waals surface area contributed by atoms with Gasteiger partial charge in [-0.2, -0.15) is 4.31 Å². The maximum absolute atomic E-state index is 12.9. The molecule has 118 valence electrons. The number of nitrogens with zero attached hydrogens (tertiary/aromatic N) is 1. The van der Waals surface area contributed by atoms with Gasteiger partial charge in [-0.3, -0.25) is 0 Å². The Kier molecular flexibility index (Phi) is 5.65. The molecule has 0 aliphatic carbocycles. The van der Waals surface area contributed by atoms with Crippen molar-refractivity contribution < 1.29 is 13.2 Å². The molecule has 1 atom stereocenters. The van der Waals surface area contributed by atoms with E-state index in [4.69, 9.17) is 4.74 Å². The summed E-state index contributed by atoms with van der Waals surface area (Å²) in [6, 6.07) is 5.06. The number of rotatable bonds is 5. The van der Waals surface area contributed by atoms with Crippen LogP contribution in [0.15, 0.2) is 27.6 Å². The predicted octanol–water partition coefficient (Wildman–Crippen LogP) is 2.08. The molecule has 1 saturated heterocycles. The molecule has 1 aliphatic heterocycles. The molecule has 1 aromatic carbocycles. The summed E-state index contributed by atoms with van der Waals surface area (Å²) in [7, 11) is -0.146. The zero-order valence-electron chi connectivity index (χ0n) is 12.3. The van der Waals surface area contributed by atoms with Gasteiger partial charge in [-0.05, 0) is 50.6 Å². The van der Waals surface area contributed by atoms with Crippen LogP contribution in [-0.2, 0) is 10.0 Å². The maximum atomic E-state index is 12.9. The van der Waals surface area contributed by atoms with Crippen molar-refractivity contribution in [2.75, 3.05) is 33.8 Å². The molecule has 0 amide bonds. The molecule has 1 heterocycles. The minimum atomic E-state index is -3.53. The molecule has 7 heteroatoms. The first-order chi connectivity index (χ1) is 9.98. The zero-order chi connectivity index (χ0) is 15.5. The lowest BCUT2D eigenvalue weighted by Crippen LogP contribution is -2.42. The summed E-state index contributed by atoms with van der Waals surface area (Å²) in [6.07, 6.45) is 1.95. The molecule has 1 unspecified atom stereocenters. The lowest BCUT2D eigenvalue weighted by molar-refractivity contribution is 0.262. The Morgan fingerprint density at radius 1 is 1.48 bits per heavy atom. The number of hydrogen-bond donors (Lipinski definition) is 1. The number of benzene rings is 1. The van der Waals surface area contributed by atoms with Gasteiger partial charge in [-0.15, -0.1) is 0 Å². The van der Waals surface area contributed by atoms with Crippen LogP contribution in [0.4, 0.5) is 0 Å². The van der Waals surface area contributed by atoms with Crippen LogP contribution < -0.4 is 10.1 Å². The average molecular weight is 377 g/mol. The van der Waals surface area contributed by atoms with E-state index in [0.717, 1.165) is 23.9 Å². The highest BCUT2D eigenvalue weighted by Crippen LogP contribution is 2.31. The van der Waals surface area contributed by atoms with Gasteiger partial charge in [0.1, 0.15) is 10.6 Å². The van der Waals surface area contributed by atoms with E-state index in [1.807, 2.05) is 7.05 Å². The number of piperidine rings is 1. The van der Waals surface area contributed by atoms with Crippen molar-refractivity contribution >= 4 is 26.0 Å². The Hall–Kier alpha value is -0.630. The van der Waals surface area contributed by atoms with Crippen LogP contribution in [0.2, 0.25) is 0 Å². The summed E-state index contributed by atoms with van der Waals surface area (Å²) in [5, 5.41) is 3.13. The van der Waals surface area contributed by atoms with Crippen LogP contribution in [0.25, 0.3) is 0 Å². The average Bonchev–Trinajstić information content (AvgIpc) is 2.48. The Morgan fingerprint density at radius 2 is 2.24 bits per heavy atom. The fourth-order valence-corrected chi connectivity index (χ4v) is 4.94. The second-order valence-electron chi connectivity index (χ2n) is 5.22. The lowest BCUT2D eigenvalue weighted by Gasteiger charge is -2.32. The third-order valence-corrected chi connectivity index (χ3v) is 6.10. The highest BCUT2D eigenvalue weighted by molar-refractivity contribution is 9.10. The van der Waals surface area contributed by atoms with Crippen LogP contribution in [0, 0.1) is 5.92 Å². The Morgan fingerprint density at radius 3 is 2.90 bits per heavy atom. The fraction of sp³-hybridized carbons (Fsp3) is 0.571. The summed E-state index contributed by atoms with van der Waals surface area (Å²) in [6.45, 7) is 1.96. The van der Waals surface area contributed by atoms with Crippen LogP contribution in [0.1, 0.15) is 12.8 Å². The van der Waals surface area contributed by atoms with Gasteiger partial charge in [0.15, 0.2) is 0 Å². The van der Waals surface area contributed by atoms with Gasteiger partial charge in [-0.1, -0.05) is 15.9 Å². The van der Waals surface area contributed by atoms with Crippen LogP contribution >= 0.6 is 15.9 Å². The second kappa shape index (κ2) is 7.09. The smallest absolute Gasteiger partial charge is 0.246 e. The SMILES string of the molecule is CNCC1CCCN(S(=O)(=O)c2cc(Br)ccc2OC)C1. The van der Waals surface area contributed by atoms with E-state index in [-0.39, 0.29) is 4.90 Å². The molecule has 0 spiro atoms. The topological polar surface area (TPSA) is 58.6 Å². The van der Waals surface area contributed by atoms with E-state index in [0.29, 0.717) is 24.8 Å². The molecule has 21 heavy (non-hydrogen) atoms.